The fourth-order valence-corrected chi connectivity index (χ4v) is 2.75. The van der Waals surface area contributed by atoms with Gasteiger partial charge in [0.15, 0.2) is 0 Å². The van der Waals surface area contributed by atoms with Crippen molar-refractivity contribution in [2.24, 2.45) is 0 Å². The molecule has 1 aromatic heterocycles. The fraction of sp³-hybridized carbons (Fsp3) is 0.308. The summed E-state index contributed by atoms with van der Waals surface area (Å²) in [6.07, 6.45) is 1.82. The molecule has 2 rings (SSSR count). The van der Waals surface area contributed by atoms with E-state index < -0.39 is 4.92 Å². The molecule has 0 radical (unpaired) electrons. The van der Waals surface area contributed by atoms with Crippen LogP contribution in [-0.4, -0.2) is 9.91 Å². The molecular formula is C13H14ClN3O2S. The lowest BCUT2D eigenvalue weighted by molar-refractivity contribution is -0.385. The standard InChI is InChI=1S/C13H14ClN3O2S/c1-8-6-16-13(20-8)9(2)15-7-10-3-4-11(14)5-12(10)17(18)19/h3-6,9,15H,7H2,1-2H3. The summed E-state index contributed by atoms with van der Waals surface area (Å²) >= 11 is 7.40. The predicted molar refractivity (Wildman–Crippen MR) is 80.2 cm³/mol. The predicted octanol–water partition coefficient (Wildman–Crippen LogP) is 3.86. The average Bonchev–Trinajstić information content (AvgIpc) is 2.83. The van der Waals surface area contributed by atoms with Crippen molar-refractivity contribution in [1.29, 1.82) is 0 Å². The van der Waals surface area contributed by atoms with Crippen LogP contribution in [0.2, 0.25) is 5.02 Å². The molecule has 0 amide bonds. The molecule has 20 heavy (non-hydrogen) atoms. The van der Waals surface area contributed by atoms with Crippen molar-refractivity contribution >= 4 is 28.6 Å². The van der Waals surface area contributed by atoms with E-state index in [4.69, 9.17) is 11.6 Å². The number of aromatic nitrogens is 1. The van der Waals surface area contributed by atoms with Gasteiger partial charge in [0.05, 0.1) is 11.0 Å². The van der Waals surface area contributed by atoms with Crippen molar-refractivity contribution in [3.8, 4) is 0 Å². The first-order chi connectivity index (χ1) is 9.47. The van der Waals surface area contributed by atoms with Crippen molar-refractivity contribution in [3.05, 3.63) is 55.0 Å². The summed E-state index contributed by atoms with van der Waals surface area (Å²) in [5.41, 5.74) is 0.645. The molecule has 0 aliphatic carbocycles. The maximum absolute atomic E-state index is 11.0. The van der Waals surface area contributed by atoms with Gasteiger partial charge in [0.2, 0.25) is 0 Å². The fourth-order valence-electron chi connectivity index (χ4n) is 1.78. The second-order valence-corrected chi connectivity index (χ2v) is 6.14. The number of nitrogens with zero attached hydrogens (tertiary/aromatic N) is 2. The van der Waals surface area contributed by atoms with Gasteiger partial charge in [-0.1, -0.05) is 11.6 Å². The van der Waals surface area contributed by atoms with Crippen LogP contribution in [0.25, 0.3) is 0 Å². The Labute approximate surface area is 125 Å². The number of nitro benzene ring substituents is 1. The van der Waals surface area contributed by atoms with Gasteiger partial charge in [-0.3, -0.25) is 10.1 Å². The maximum atomic E-state index is 11.0. The van der Waals surface area contributed by atoms with Crippen LogP contribution in [0.15, 0.2) is 24.4 Å². The van der Waals surface area contributed by atoms with E-state index in [0.717, 1.165) is 9.88 Å². The number of rotatable bonds is 5. The topological polar surface area (TPSA) is 68.1 Å². The second kappa shape index (κ2) is 6.30. The van der Waals surface area contributed by atoms with Crippen molar-refractivity contribution in [1.82, 2.24) is 10.3 Å². The van der Waals surface area contributed by atoms with Crippen molar-refractivity contribution in [2.45, 2.75) is 26.4 Å². The number of nitrogens with one attached hydrogen (secondary N) is 1. The SMILES string of the molecule is Cc1cnc(C(C)NCc2ccc(Cl)cc2[N+](=O)[O-])s1. The number of aryl methyl sites for hydroxylation is 1. The lowest BCUT2D eigenvalue weighted by atomic mass is 10.1. The molecule has 1 heterocycles. The third-order valence-corrected chi connectivity index (χ3v) is 4.18. The van der Waals surface area contributed by atoms with E-state index in [-0.39, 0.29) is 11.7 Å². The minimum absolute atomic E-state index is 0.0347. The van der Waals surface area contributed by atoms with Crippen LogP contribution in [-0.2, 0) is 6.54 Å². The molecule has 0 saturated heterocycles. The summed E-state index contributed by atoms with van der Waals surface area (Å²) in [7, 11) is 0. The minimum atomic E-state index is -0.416. The molecular weight excluding hydrogens is 298 g/mol. The molecule has 0 spiro atoms. The largest absolute Gasteiger partial charge is 0.304 e. The van der Waals surface area contributed by atoms with Gasteiger partial charge in [-0.2, -0.15) is 0 Å². The Balaban J connectivity index is 2.09. The Morgan fingerprint density at radius 1 is 1.55 bits per heavy atom. The highest BCUT2D eigenvalue weighted by atomic mass is 35.5. The Morgan fingerprint density at radius 2 is 2.30 bits per heavy atom. The molecule has 1 N–H and O–H groups in total. The van der Waals surface area contributed by atoms with E-state index in [1.807, 2.05) is 20.0 Å². The summed E-state index contributed by atoms with van der Waals surface area (Å²) in [5.74, 6) is 0. The summed E-state index contributed by atoms with van der Waals surface area (Å²) in [6, 6.07) is 4.75. The number of nitro groups is 1. The molecule has 1 atom stereocenters. The molecule has 0 saturated carbocycles. The highest BCUT2D eigenvalue weighted by Gasteiger charge is 2.16. The van der Waals surface area contributed by atoms with Gasteiger partial charge < -0.3 is 5.32 Å². The number of halogens is 1. The number of hydrogen-bond donors (Lipinski definition) is 1. The zero-order valence-corrected chi connectivity index (χ0v) is 12.7. The first-order valence-corrected chi connectivity index (χ1v) is 7.25. The molecule has 1 aromatic carbocycles. The van der Waals surface area contributed by atoms with Gasteiger partial charge in [0, 0.05) is 34.3 Å². The second-order valence-electron chi connectivity index (χ2n) is 4.44. The Hall–Kier alpha value is -1.50. The van der Waals surface area contributed by atoms with Gasteiger partial charge in [-0.05, 0) is 26.0 Å². The quantitative estimate of drug-likeness (QED) is 0.672. The van der Waals surface area contributed by atoms with Crippen LogP contribution in [0.3, 0.4) is 0 Å². The first-order valence-electron chi connectivity index (χ1n) is 6.06. The number of thiazole rings is 1. The zero-order valence-electron chi connectivity index (χ0n) is 11.1. The van der Waals surface area contributed by atoms with Gasteiger partial charge in [-0.15, -0.1) is 11.3 Å². The maximum Gasteiger partial charge on any atom is 0.275 e. The van der Waals surface area contributed by atoms with Gasteiger partial charge in [0.25, 0.3) is 5.69 Å². The van der Waals surface area contributed by atoms with Crippen molar-refractivity contribution < 1.29 is 4.92 Å². The smallest absolute Gasteiger partial charge is 0.275 e. The molecule has 0 aliphatic rings. The van der Waals surface area contributed by atoms with Gasteiger partial charge in [0.1, 0.15) is 5.01 Å². The molecule has 2 aromatic rings. The van der Waals surface area contributed by atoms with Crippen LogP contribution in [0, 0.1) is 17.0 Å². The van der Waals surface area contributed by atoms with Gasteiger partial charge in [-0.25, -0.2) is 4.98 Å². The summed E-state index contributed by atoms with van der Waals surface area (Å²) < 4.78 is 0. The van der Waals surface area contributed by atoms with Crippen LogP contribution >= 0.6 is 22.9 Å². The van der Waals surface area contributed by atoms with Crippen LogP contribution in [0.5, 0.6) is 0 Å². The molecule has 0 fully saturated rings. The highest BCUT2D eigenvalue weighted by Crippen LogP contribution is 2.24. The molecule has 5 nitrogen and oxygen atoms in total. The van der Waals surface area contributed by atoms with E-state index in [9.17, 15) is 10.1 Å². The summed E-state index contributed by atoms with van der Waals surface area (Å²) in [4.78, 5) is 16.0. The van der Waals surface area contributed by atoms with Crippen LogP contribution < -0.4 is 5.32 Å². The molecule has 0 aliphatic heterocycles. The third-order valence-electron chi connectivity index (χ3n) is 2.85. The lowest BCUT2D eigenvalue weighted by Gasteiger charge is -2.11. The Morgan fingerprint density at radius 3 is 2.90 bits per heavy atom. The summed E-state index contributed by atoms with van der Waals surface area (Å²) in [5, 5.41) is 15.6. The number of hydrogen-bond acceptors (Lipinski definition) is 5. The van der Waals surface area contributed by atoms with E-state index in [0.29, 0.717) is 17.1 Å². The average molecular weight is 312 g/mol. The van der Waals surface area contributed by atoms with Crippen LogP contribution in [0.1, 0.15) is 28.4 Å². The Bertz CT molecular complexity index is 630. The first kappa shape index (κ1) is 14.9. The van der Waals surface area contributed by atoms with E-state index in [2.05, 4.69) is 10.3 Å². The number of benzene rings is 1. The van der Waals surface area contributed by atoms with Crippen LogP contribution in [0.4, 0.5) is 5.69 Å². The van der Waals surface area contributed by atoms with E-state index in [1.54, 1.807) is 23.5 Å². The lowest BCUT2D eigenvalue weighted by Crippen LogP contribution is -2.18. The highest BCUT2D eigenvalue weighted by molar-refractivity contribution is 7.11. The zero-order chi connectivity index (χ0) is 14.7. The molecule has 7 heteroatoms. The van der Waals surface area contributed by atoms with Crippen molar-refractivity contribution in [3.63, 3.8) is 0 Å². The minimum Gasteiger partial charge on any atom is -0.304 e. The summed E-state index contributed by atoms with van der Waals surface area (Å²) in [6.45, 7) is 4.38. The molecule has 106 valence electrons. The van der Waals surface area contributed by atoms with E-state index in [1.165, 1.54) is 6.07 Å². The van der Waals surface area contributed by atoms with E-state index >= 15 is 0 Å². The monoisotopic (exact) mass is 311 g/mol. The Kier molecular flexibility index (Phi) is 4.69. The van der Waals surface area contributed by atoms with Crippen molar-refractivity contribution in [2.75, 3.05) is 0 Å². The molecule has 0 bridgehead atoms. The normalized spacial score (nSPS) is 12.3. The molecule has 1 unspecified atom stereocenters. The third kappa shape index (κ3) is 3.53. The van der Waals surface area contributed by atoms with Gasteiger partial charge >= 0.3 is 0 Å².